The molecule has 1 unspecified atom stereocenters. The zero-order valence-electron chi connectivity index (χ0n) is 17.3. The van der Waals surface area contributed by atoms with E-state index in [2.05, 4.69) is 40.4 Å². The number of fused-ring (bicyclic) bond motifs is 1. The molecule has 0 bridgehead atoms. The Morgan fingerprint density at radius 1 is 1.13 bits per heavy atom. The van der Waals surface area contributed by atoms with E-state index >= 15 is 0 Å². The Labute approximate surface area is 175 Å². The fourth-order valence-corrected chi connectivity index (χ4v) is 3.96. The molecule has 1 aromatic heterocycles. The van der Waals surface area contributed by atoms with Gasteiger partial charge in [0.2, 0.25) is 0 Å². The number of benzene rings is 2. The molecule has 3 aromatic rings. The standard InChI is InChI=1S/C23H26N4O3/c1-16-6-5-7-17(14-16)20(27-10-12-30-13-11-27)15-24-22(28)21-18-8-3-4-9-19(18)23(29)26(2)25-21/h3-9,14,20H,10-13,15H2,1-2H3,(H,24,28). The van der Waals surface area contributed by atoms with Crippen LogP contribution in [0.1, 0.15) is 27.7 Å². The number of aromatic nitrogens is 2. The molecular weight excluding hydrogens is 380 g/mol. The first-order valence-corrected chi connectivity index (χ1v) is 10.2. The van der Waals surface area contributed by atoms with Crippen LogP contribution < -0.4 is 10.9 Å². The van der Waals surface area contributed by atoms with Gasteiger partial charge in [-0.3, -0.25) is 14.5 Å². The van der Waals surface area contributed by atoms with E-state index in [-0.39, 0.29) is 23.2 Å². The maximum absolute atomic E-state index is 13.1. The van der Waals surface area contributed by atoms with Gasteiger partial charge in [0.15, 0.2) is 5.69 Å². The molecule has 30 heavy (non-hydrogen) atoms. The van der Waals surface area contributed by atoms with Crippen LogP contribution >= 0.6 is 0 Å². The summed E-state index contributed by atoms with van der Waals surface area (Å²) in [7, 11) is 1.56. The molecule has 1 aliphatic heterocycles. The fraction of sp³-hybridized carbons (Fsp3) is 0.348. The topological polar surface area (TPSA) is 76.5 Å². The minimum atomic E-state index is -0.285. The molecule has 7 nitrogen and oxygen atoms in total. The quantitative estimate of drug-likeness (QED) is 0.702. The highest BCUT2D eigenvalue weighted by Gasteiger charge is 2.24. The first-order chi connectivity index (χ1) is 14.5. The van der Waals surface area contributed by atoms with E-state index in [1.807, 2.05) is 12.1 Å². The second-order valence-corrected chi connectivity index (χ2v) is 7.61. The molecule has 156 valence electrons. The van der Waals surface area contributed by atoms with E-state index in [1.54, 1.807) is 25.2 Å². The highest BCUT2D eigenvalue weighted by molar-refractivity contribution is 6.04. The molecule has 7 heteroatoms. The summed E-state index contributed by atoms with van der Waals surface area (Å²) in [5.41, 5.74) is 2.39. The van der Waals surface area contributed by atoms with Crippen LogP contribution in [-0.4, -0.2) is 53.4 Å². The molecule has 1 aliphatic rings. The second-order valence-electron chi connectivity index (χ2n) is 7.61. The van der Waals surface area contributed by atoms with Gasteiger partial charge >= 0.3 is 0 Å². The molecule has 2 heterocycles. The highest BCUT2D eigenvalue weighted by atomic mass is 16.5. The molecular formula is C23H26N4O3. The molecule has 2 aromatic carbocycles. The van der Waals surface area contributed by atoms with Crippen molar-refractivity contribution >= 4 is 16.7 Å². The maximum Gasteiger partial charge on any atom is 0.274 e. The highest BCUT2D eigenvalue weighted by Crippen LogP contribution is 2.22. The monoisotopic (exact) mass is 406 g/mol. The van der Waals surface area contributed by atoms with E-state index in [9.17, 15) is 9.59 Å². The summed E-state index contributed by atoms with van der Waals surface area (Å²) in [5.74, 6) is -0.285. The minimum Gasteiger partial charge on any atom is -0.379 e. The van der Waals surface area contributed by atoms with E-state index in [0.717, 1.165) is 18.7 Å². The Morgan fingerprint density at radius 2 is 1.87 bits per heavy atom. The molecule has 4 rings (SSSR count). The van der Waals surface area contributed by atoms with Gasteiger partial charge in [0.1, 0.15) is 0 Å². The maximum atomic E-state index is 13.1. The first kappa shape index (κ1) is 20.3. The van der Waals surface area contributed by atoms with Crippen LogP contribution in [0, 0.1) is 6.92 Å². The van der Waals surface area contributed by atoms with Crippen LogP contribution in [0.25, 0.3) is 10.8 Å². The van der Waals surface area contributed by atoms with Crippen molar-refractivity contribution in [2.24, 2.45) is 7.05 Å². The van der Waals surface area contributed by atoms with Crippen molar-refractivity contribution in [2.75, 3.05) is 32.8 Å². The van der Waals surface area contributed by atoms with Crippen LogP contribution in [0.4, 0.5) is 0 Å². The lowest BCUT2D eigenvalue weighted by Gasteiger charge is -2.35. The van der Waals surface area contributed by atoms with Gasteiger partial charge in [0, 0.05) is 32.1 Å². The smallest absolute Gasteiger partial charge is 0.274 e. The third kappa shape index (κ3) is 4.13. The predicted octanol–water partition coefficient (Wildman–Crippen LogP) is 2.05. The fourth-order valence-electron chi connectivity index (χ4n) is 3.96. The van der Waals surface area contributed by atoms with Crippen LogP contribution in [0.3, 0.4) is 0 Å². The third-order valence-electron chi connectivity index (χ3n) is 5.54. The van der Waals surface area contributed by atoms with Crippen molar-refractivity contribution in [3.05, 3.63) is 75.7 Å². The number of aryl methyl sites for hydroxylation is 2. The van der Waals surface area contributed by atoms with Crippen LogP contribution in [0.5, 0.6) is 0 Å². The lowest BCUT2D eigenvalue weighted by Crippen LogP contribution is -2.44. The van der Waals surface area contributed by atoms with Gasteiger partial charge in [0.25, 0.3) is 11.5 Å². The average Bonchev–Trinajstić information content (AvgIpc) is 2.77. The molecule has 1 amide bonds. The molecule has 0 spiro atoms. The minimum absolute atomic E-state index is 0.0385. The normalized spacial score (nSPS) is 15.8. The summed E-state index contributed by atoms with van der Waals surface area (Å²) < 4.78 is 6.73. The van der Waals surface area contributed by atoms with Gasteiger partial charge < -0.3 is 10.1 Å². The number of nitrogens with one attached hydrogen (secondary N) is 1. The van der Waals surface area contributed by atoms with Gasteiger partial charge in [-0.15, -0.1) is 0 Å². The Morgan fingerprint density at radius 3 is 2.60 bits per heavy atom. The SMILES string of the molecule is Cc1cccc(C(CNC(=O)c2nn(C)c(=O)c3ccccc23)N2CCOCC2)c1. The Bertz CT molecular complexity index is 1120. The lowest BCUT2D eigenvalue weighted by atomic mass is 10.0. The number of hydrogen-bond acceptors (Lipinski definition) is 5. The predicted molar refractivity (Wildman–Crippen MR) is 116 cm³/mol. The number of carbonyl (C=O) groups excluding carboxylic acids is 1. The second kappa shape index (κ2) is 8.77. The summed E-state index contributed by atoms with van der Waals surface area (Å²) >= 11 is 0. The first-order valence-electron chi connectivity index (χ1n) is 10.2. The Balaban J connectivity index is 1.61. The molecule has 0 aliphatic carbocycles. The number of ether oxygens (including phenoxy) is 1. The van der Waals surface area contributed by atoms with Gasteiger partial charge in [-0.1, -0.05) is 48.0 Å². The van der Waals surface area contributed by atoms with E-state index < -0.39 is 0 Å². The van der Waals surface area contributed by atoms with Crippen molar-refractivity contribution in [3.63, 3.8) is 0 Å². The van der Waals surface area contributed by atoms with Crippen LogP contribution in [0.2, 0.25) is 0 Å². The molecule has 1 saturated heterocycles. The molecule has 1 fully saturated rings. The summed E-state index contributed by atoms with van der Waals surface area (Å²) in [5, 5.41) is 8.35. The van der Waals surface area contributed by atoms with E-state index in [4.69, 9.17) is 4.74 Å². The third-order valence-corrected chi connectivity index (χ3v) is 5.54. The number of carbonyl (C=O) groups is 1. The van der Waals surface area contributed by atoms with Crippen molar-refractivity contribution in [3.8, 4) is 0 Å². The van der Waals surface area contributed by atoms with Crippen LogP contribution in [-0.2, 0) is 11.8 Å². The number of morpholine rings is 1. The van der Waals surface area contributed by atoms with Crippen molar-refractivity contribution in [2.45, 2.75) is 13.0 Å². The summed E-state index contributed by atoms with van der Waals surface area (Å²) in [6.07, 6.45) is 0. The summed E-state index contributed by atoms with van der Waals surface area (Å²) in [6, 6.07) is 15.5. The number of rotatable bonds is 5. The zero-order valence-corrected chi connectivity index (χ0v) is 17.3. The van der Waals surface area contributed by atoms with E-state index in [1.165, 1.54) is 10.2 Å². The van der Waals surface area contributed by atoms with E-state index in [0.29, 0.717) is 30.5 Å². The largest absolute Gasteiger partial charge is 0.379 e. The number of nitrogens with zero attached hydrogens (tertiary/aromatic N) is 3. The average molecular weight is 406 g/mol. The zero-order chi connectivity index (χ0) is 21.1. The molecule has 1 N–H and O–H groups in total. The molecule has 0 saturated carbocycles. The van der Waals surface area contributed by atoms with Crippen molar-refractivity contribution in [1.29, 1.82) is 0 Å². The molecule has 1 atom stereocenters. The summed E-state index contributed by atoms with van der Waals surface area (Å²) in [4.78, 5) is 27.8. The van der Waals surface area contributed by atoms with Crippen LogP contribution in [0.15, 0.2) is 53.3 Å². The lowest BCUT2D eigenvalue weighted by molar-refractivity contribution is 0.0162. The van der Waals surface area contributed by atoms with Crippen molar-refractivity contribution < 1.29 is 9.53 Å². The van der Waals surface area contributed by atoms with Gasteiger partial charge in [-0.25, -0.2) is 4.68 Å². The van der Waals surface area contributed by atoms with Gasteiger partial charge in [0.05, 0.1) is 24.6 Å². The van der Waals surface area contributed by atoms with Crippen molar-refractivity contribution in [1.82, 2.24) is 20.0 Å². The number of hydrogen-bond donors (Lipinski definition) is 1. The van der Waals surface area contributed by atoms with Gasteiger partial charge in [-0.05, 0) is 18.6 Å². The number of amides is 1. The molecule has 0 radical (unpaired) electrons. The summed E-state index contributed by atoms with van der Waals surface area (Å²) in [6.45, 7) is 5.51. The Hall–Kier alpha value is -3.03. The van der Waals surface area contributed by atoms with Gasteiger partial charge in [-0.2, -0.15) is 5.10 Å². The Kier molecular flexibility index (Phi) is 5.92.